The zero-order valence-electron chi connectivity index (χ0n) is 20.7. The minimum absolute atomic E-state index is 0.00802. The Bertz CT molecular complexity index is 1340. The summed E-state index contributed by atoms with van der Waals surface area (Å²) in [4.78, 5) is 12.4. The van der Waals surface area contributed by atoms with Gasteiger partial charge in [0.15, 0.2) is 18.1 Å². The fraction of sp³-hybridized carbons (Fsp3) is 0.241. The molecule has 190 valence electrons. The van der Waals surface area contributed by atoms with E-state index < -0.39 is 11.9 Å². The lowest BCUT2D eigenvalue weighted by Gasteiger charge is -2.28. The zero-order valence-corrected chi connectivity index (χ0v) is 20.7. The molecule has 3 aromatic carbocycles. The minimum atomic E-state index is -0.603. The van der Waals surface area contributed by atoms with Gasteiger partial charge in [0.05, 0.1) is 19.6 Å². The van der Waals surface area contributed by atoms with Crippen molar-refractivity contribution in [2.45, 2.75) is 25.7 Å². The molecule has 0 fully saturated rings. The van der Waals surface area contributed by atoms with E-state index in [1.165, 1.54) is 7.11 Å². The number of methoxy groups -OCH3 is 1. The average Bonchev–Trinajstić information content (AvgIpc) is 2.91. The SMILES string of the molecule is CCCCOc1ccccc1C1C(C#N)=C(N)Oc2cc(OC(=O)COc3ccccc3OC)ccc21. The predicted octanol–water partition coefficient (Wildman–Crippen LogP) is 5.08. The third-order valence-corrected chi connectivity index (χ3v) is 5.82. The summed E-state index contributed by atoms with van der Waals surface area (Å²) >= 11 is 0. The molecule has 8 nitrogen and oxygen atoms in total. The topological polar surface area (TPSA) is 113 Å². The van der Waals surface area contributed by atoms with E-state index in [4.69, 9.17) is 29.4 Å². The Morgan fingerprint density at radius 1 is 1.00 bits per heavy atom. The van der Waals surface area contributed by atoms with Gasteiger partial charge in [-0.25, -0.2) is 4.79 Å². The van der Waals surface area contributed by atoms with Crippen molar-refractivity contribution in [2.24, 2.45) is 5.73 Å². The van der Waals surface area contributed by atoms with Crippen molar-refractivity contribution in [1.82, 2.24) is 0 Å². The molecule has 1 unspecified atom stereocenters. The van der Waals surface area contributed by atoms with E-state index in [0.29, 0.717) is 35.2 Å². The molecular formula is C29H28N2O6. The molecule has 4 rings (SSSR count). The van der Waals surface area contributed by atoms with Crippen molar-refractivity contribution >= 4 is 5.97 Å². The molecule has 37 heavy (non-hydrogen) atoms. The fourth-order valence-corrected chi connectivity index (χ4v) is 4.03. The summed E-state index contributed by atoms with van der Waals surface area (Å²) in [6.45, 7) is 2.34. The van der Waals surface area contributed by atoms with Crippen molar-refractivity contribution in [1.29, 1.82) is 5.26 Å². The summed E-state index contributed by atoms with van der Waals surface area (Å²) in [6.07, 6.45) is 1.92. The van der Waals surface area contributed by atoms with Crippen molar-refractivity contribution in [3.63, 3.8) is 0 Å². The molecule has 0 amide bonds. The Balaban J connectivity index is 1.56. The predicted molar refractivity (Wildman–Crippen MR) is 137 cm³/mol. The Morgan fingerprint density at radius 3 is 2.46 bits per heavy atom. The highest BCUT2D eigenvalue weighted by Crippen LogP contribution is 2.45. The molecule has 0 radical (unpaired) electrons. The number of nitriles is 1. The lowest BCUT2D eigenvalue weighted by Crippen LogP contribution is -2.22. The average molecular weight is 501 g/mol. The van der Waals surface area contributed by atoms with Gasteiger partial charge in [-0.3, -0.25) is 0 Å². The van der Waals surface area contributed by atoms with Crippen LogP contribution >= 0.6 is 0 Å². The van der Waals surface area contributed by atoms with Crippen molar-refractivity contribution in [2.75, 3.05) is 20.3 Å². The zero-order chi connectivity index (χ0) is 26.2. The molecule has 0 saturated carbocycles. The van der Waals surface area contributed by atoms with Gasteiger partial charge in [-0.05, 0) is 30.7 Å². The van der Waals surface area contributed by atoms with Gasteiger partial charge in [0.1, 0.15) is 28.9 Å². The van der Waals surface area contributed by atoms with Crippen LogP contribution in [0.25, 0.3) is 0 Å². The van der Waals surface area contributed by atoms with Crippen LogP contribution in [0.3, 0.4) is 0 Å². The monoisotopic (exact) mass is 500 g/mol. The van der Waals surface area contributed by atoms with Crippen LogP contribution in [0.4, 0.5) is 0 Å². The molecule has 1 aliphatic rings. The van der Waals surface area contributed by atoms with E-state index in [0.717, 1.165) is 18.4 Å². The third kappa shape index (κ3) is 5.78. The number of nitrogens with zero attached hydrogens (tertiary/aromatic N) is 1. The van der Waals surface area contributed by atoms with Crippen LogP contribution in [0.2, 0.25) is 0 Å². The summed E-state index contributed by atoms with van der Waals surface area (Å²) in [5, 5.41) is 9.89. The highest BCUT2D eigenvalue weighted by atomic mass is 16.6. The number of carbonyl (C=O) groups excluding carboxylic acids is 1. The summed E-state index contributed by atoms with van der Waals surface area (Å²) in [6, 6.07) is 21.8. The van der Waals surface area contributed by atoms with Gasteiger partial charge in [0, 0.05) is 17.2 Å². The molecule has 3 aromatic rings. The molecule has 0 aliphatic carbocycles. The van der Waals surface area contributed by atoms with Crippen LogP contribution < -0.4 is 29.4 Å². The molecule has 2 N–H and O–H groups in total. The maximum absolute atomic E-state index is 12.4. The number of carbonyl (C=O) groups is 1. The fourth-order valence-electron chi connectivity index (χ4n) is 4.03. The van der Waals surface area contributed by atoms with Crippen LogP contribution in [0.15, 0.2) is 78.2 Å². The second-order valence-corrected chi connectivity index (χ2v) is 8.28. The molecule has 1 aliphatic heterocycles. The molecule has 0 bridgehead atoms. The quantitative estimate of drug-likeness (QED) is 0.233. The number of unbranched alkanes of at least 4 members (excludes halogenated alkanes) is 1. The van der Waals surface area contributed by atoms with E-state index in [1.54, 1.807) is 42.5 Å². The maximum atomic E-state index is 12.4. The normalized spacial score (nSPS) is 14.1. The van der Waals surface area contributed by atoms with Crippen LogP contribution in [-0.2, 0) is 4.79 Å². The van der Waals surface area contributed by atoms with Crippen LogP contribution in [0, 0.1) is 11.3 Å². The van der Waals surface area contributed by atoms with Crippen LogP contribution in [0.1, 0.15) is 36.8 Å². The van der Waals surface area contributed by atoms with Gasteiger partial charge >= 0.3 is 5.97 Å². The first-order valence-electron chi connectivity index (χ1n) is 12.0. The van der Waals surface area contributed by atoms with Gasteiger partial charge in [0.25, 0.3) is 0 Å². The number of hydrogen-bond acceptors (Lipinski definition) is 8. The first-order chi connectivity index (χ1) is 18.0. The number of para-hydroxylation sites is 3. The number of ether oxygens (including phenoxy) is 5. The Hall–Kier alpha value is -4.64. The number of benzene rings is 3. The largest absolute Gasteiger partial charge is 0.493 e. The van der Waals surface area contributed by atoms with E-state index in [-0.39, 0.29) is 23.8 Å². The molecular weight excluding hydrogens is 472 g/mol. The molecule has 1 atom stereocenters. The summed E-state index contributed by atoms with van der Waals surface area (Å²) in [5.41, 5.74) is 7.95. The number of rotatable bonds is 10. The van der Waals surface area contributed by atoms with Gasteiger partial charge in [-0.2, -0.15) is 5.26 Å². The Labute approximate surface area is 215 Å². The van der Waals surface area contributed by atoms with Crippen molar-refractivity contribution in [3.05, 3.63) is 89.3 Å². The van der Waals surface area contributed by atoms with Crippen molar-refractivity contribution < 1.29 is 28.5 Å². The van der Waals surface area contributed by atoms with E-state index in [9.17, 15) is 10.1 Å². The van der Waals surface area contributed by atoms with E-state index in [2.05, 4.69) is 13.0 Å². The molecule has 0 spiro atoms. The van der Waals surface area contributed by atoms with Gasteiger partial charge < -0.3 is 29.4 Å². The lowest BCUT2D eigenvalue weighted by molar-refractivity contribution is -0.136. The minimum Gasteiger partial charge on any atom is -0.493 e. The van der Waals surface area contributed by atoms with Gasteiger partial charge in [0.2, 0.25) is 5.88 Å². The standard InChI is InChI=1S/C29H28N2O6/c1-3-4-15-34-23-10-6-5-9-20(23)28-21-14-13-19(16-26(21)37-29(31)22(28)17-30)36-27(32)18-35-25-12-8-7-11-24(25)33-2/h5-14,16,28H,3-4,15,18,31H2,1-2H3. The Kier molecular flexibility index (Phi) is 8.16. The highest BCUT2D eigenvalue weighted by molar-refractivity contribution is 5.74. The second-order valence-electron chi connectivity index (χ2n) is 8.28. The number of fused-ring (bicyclic) bond motifs is 1. The molecule has 0 saturated heterocycles. The van der Waals surface area contributed by atoms with Gasteiger partial charge in [-0.15, -0.1) is 0 Å². The lowest BCUT2D eigenvalue weighted by atomic mass is 9.83. The Morgan fingerprint density at radius 2 is 1.73 bits per heavy atom. The summed E-state index contributed by atoms with van der Waals surface area (Å²) in [7, 11) is 1.52. The van der Waals surface area contributed by atoms with Gasteiger partial charge in [-0.1, -0.05) is 49.7 Å². The van der Waals surface area contributed by atoms with E-state index in [1.807, 2.05) is 24.3 Å². The van der Waals surface area contributed by atoms with Crippen LogP contribution in [0.5, 0.6) is 28.7 Å². The van der Waals surface area contributed by atoms with Crippen molar-refractivity contribution in [3.8, 4) is 34.8 Å². The third-order valence-electron chi connectivity index (χ3n) is 5.82. The number of allylic oxidation sites excluding steroid dienone is 1. The first kappa shape index (κ1) is 25.5. The van der Waals surface area contributed by atoms with E-state index >= 15 is 0 Å². The first-order valence-corrected chi connectivity index (χ1v) is 12.0. The number of nitrogens with two attached hydrogens (primary N) is 1. The maximum Gasteiger partial charge on any atom is 0.349 e. The number of hydrogen-bond donors (Lipinski definition) is 1. The summed E-state index contributed by atoms with van der Waals surface area (Å²) < 4.78 is 28.0. The smallest absolute Gasteiger partial charge is 0.349 e. The highest BCUT2D eigenvalue weighted by Gasteiger charge is 2.33. The summed E-state index contributed by atoms with van der Waals surface area (Å²) in [5.74, 6) is 1.16. The second kappa shape index (κ2) is 11.9. The molecule has 1 heterocycles. The molecule has 0 aromatic heterocycles. The van der Waals surface area contributed by atoms with Crippen LogP contribution in [-0.4, -0.2) is 26.3 Å². The number of esters is 1. The molecule has 8 heteroatoms.